The van der Waals surface area contributed by atoms with E-state index >= 15 is 0 Å². The van der Waals surface area contributed by atoms with Crippen LogP contribution >= 0.6 is 0 Å². The van der Waals surface area contributed by atoms with Gasteiger partial charge in [-0.3, -0.25) is 4.90 Å². The lowest BCUT2D eigenvalue weighted by atomic mass is 10.1. The summed E-state index contributed by atoms with van der Waals surface area (Å²) in [7, 11) is 0. The lowest BCUT2D eigenvalue weighted by Crippen LogP contribution is -2.42. The molecule has 2 nitrogen and oxygen atoms in total. The molecule has 0 heterocycles. The predicted octanol–water partition coefficient (Wildman–Crippen LogP) is 1.88. The van der Waals surface area contributed by atoms with E-state index < -0.39 is 5.60 Å². The molecule has 0 aliphatic rings. The Morgan fingerprint density at radius 1 is 1.33 bits per heavy atom. The second kappa shape index (κ2) is 4.83. The first-order chi connectivity index (χ1) is 5.37. The predicted molar refractivity (Wildman–Crippen MR) is 53.3 cm³/mol. The van der Waals surface area contributed by atoms with E-state index in [1.807, 2.05) is 13.8 Å². The summed E-state index contributed by atoms with van der Waals surface area (Å²) in [5.41, 5.74) is -0.570. The highest BCUT2D eigenvalue weighted by Gasteiger charge is 2.19. The molecule has 0 rings (SSSR count). The maximum absolute atomic E-state index is 9.62. The van der Waals surface area contributed by atoms with Gasteiger partial charge in [0.25, 0.3) is 0 Å². The Hall–Kier alpha value is -0.0800. The second-order valence-electron chi connectivity index (χ2n) is 4.38. The average molecular weight is 173 g/mol. The molecule has 0 aromatic rings. The third kappa shape index (κ3) is 5.56. The molecule has 0 amide bonds. The molecule has 0 unspecified atom stereocenters. The monoisotopic (exact) mass is 173 g/mol. The highest BCUT2D eigenvalue weighted by atomic mass is 16.3. The van der Waals surface area contributed by atoms with Crippen LogP contribution in [0.2, 0.25) is 0 Å². The molecule has 0 saturated heterocycles. The Labute approximate surface area is 76.6 Å². The average Bonchev–Trinajstić information content (AvgIpc) is 1.83. The molecule has 0 aromatic carbocycles. The normalized spacial score (nSPS) is 13.0. The van der Waals surface area contributed by atoms with Crippen LogP contribution in [0, 0.1) is 0 Å². The van der Waals surface area contributed by atoms with Gasteiger partial charge in [0.1, 0.15) is 0 Å². The summed E-state index contributed by atoms with van der Waals surface area (Å²) >= 11 is 0. The smallest absolute Gasteiger partial charge is 0.0718 e. The van der Waals surface area contributed by atoms with Crippen molar-refractivity contribution in [2.75, 3.05) is 13.1 Å². The number of rotatable bonds is 5. The molecule has 74 valence electrons. The maximum Gasteiger partial charge on any atom is 0.0718 e. The Bertz CT molecular complexity index is 115. The van der Waals surface area contributed by atoms with Crippen LogP contribution in [0.3, 0.4) is 0 Å². The van der Waals surface area contributed by atoms with Crippen molar-refractivity contribution in [1.82, 2.24) is 4.90 Å². The van der Waals surface area contributed by atoms with Crippen molar-refractivity contribution < 1.29 is 5.11 Å². The van der Waals surface area contributed by atoms with Gasteiger partial charge in [-0.2, -0.15) is 0 Å². The Kier molecular flexibility index (Phi) is 4.80. The fourth-order valence-electron chi connectivity index (χ4n) is 1.30. The van der Waals surface area contributed by atoms with Crippen molar-refractivity contribution in [2.45, 2.75) is 52.7 Å². The maximum atomic E-state index is 9.62. The third-order valence-corrected chi connectivity index (χ3v) is 1.83. The lowest BCUT2D eigenvalue weighted by Gasteiger charge is -2.31. The van der Waals surface area contributed by atoms with Crippen LogP contribution in [0.25, 0.3) is 0 Å². The van der Waals surface area contributed by atoms with Crippen LogP contribution in [0.4, 0.5) is 0 Å². The number of aliphatic hydroxyl groups is 1. The molecule has 0 aromatic heterocycles. The molecule has 0 radical (unpaired) electrons. The van der Waals surface area contributed by atoms with Gasteiger partial charge in [0.05, 0.1) is 5.60 Å². The van der Waals surface area contributed by atoms with Crippen LogP contribution in [0.1, 0.15) is 41.0 Å². The zero-order valence-electron chi connectivity index (χ0n) is 9.09. The fraction of sp³-hybridized carbons (Fsp3) is 1.00. The molecule has 0 aliphatic carbocycles. The zero-order chi connectivity index (χ0) is 9.78. The number of hydrogen-bond acceptors (Lipinski definition) is 2. The van der Waals surface area contributed by atoms with E-state index in [0.717, 1.165) is 19.5 Å². The minimum atomic E-state index is -0.570. The summed E-state index contributed by atoms with van der Waals surface area (Å²) in [4.78, 5) is 2.31. The highest BCUT2D eigenvalue weighted by molar-refractivity contribution is 4.73. The van der Waals surface area contributed by atoms with Crippen LogP contribution < -0.4 is 0 Å². The summed E-state index contributed by atoms with van der Waals surface area (Å²) in [6.45, 7) is 12.1. The molecule has 0 saturated carbocycles. The number of nitrogens with zero attached hydrogens (tertiary/aromatic N) is 1. The van der Waals surface area contributed by atoms with E-state index in [1.165, 1.54) is 0 Å². The van der Waals surface area contributed by atoms with Crippen LogP contribution in [-0.4, -0.2) is 34.7 Å². The van der Waals surface area contributed by atoms with Crippen molar-refractivity contribution in [3.05, 3.63) is 0 Å². The summed E-state index contributed by atoms with van der Waals surface area (Å²) in [5, 5.41) is 9.62. The van der Waals surface area contributed by atoms with Gasteiger partial charge in [0.15, 0.2) is 0 Å². The van der Waals surface area contributed by atoms with Gasteiger partial charge in [-0.15, -0.1) is 0 Å². The fourth-order valence-corrected chi connectivity index (χ4v) is 1.30. The van der Waals surface area contributed by atoms with Crippen molar-refractivity contribution in [3.8, 4) is 0 Å². The number of hydrogen-bond donors (Lipinski definition) is 1. The SMILES string of the molecule is CCCN(CC(C)(C)O)C(C)C. The molecular weight excluding hydrogens is 150 g/mol. The van der Waals surface area contributed by atoms with E-state index in [4.69, 9.17) is 0 Å². The Balaban J connectivity index is 3.95. The molecule has 0 bridgehead atoms. The van der Waals surface area contributed by atoms with Crippen LogP contribution in [0.5, 0.6) is 0 Å². The van der Waals surface area contributed by atoms with Crippen molar-refractivity contribution in [1.29, 1.82) is 0 Å². The molecule has 0 fully saturated rings. The Morgan fingerprint density at radius 3 is 2.08 bits per heavy atom. The molecule has 0 aliphatic heterocycles. The first-order valence-corrected chi connectivity index (χ1v) is 4.83. The van der Waals surface area contributed by atoms with E-state index in [0.29, 0.717) is 6.04 Å². The lowest BCUT2D eigenvalue weighted by molar-refractivity contribution is 0.0257. The van der Waals surface area contributed by atoms with Gasteiger partial charge in [-0.25, -0.2) is 0 Å². The summed E-state index contributed by atoms with van der Waals surface area (Å²) < 4.78 is 0. The molecular formula is C10H23NO. The largest absolute Gasteiger partial charge is 0.389 e. The highest BCUT2D eigenvalue weighted by Crippen LogP contribution is 2.08. The topological polar surface area (TPSA) is 23.5 Å². The van der Waals surface area contributed by atoms with Gasteiger partial charge < -0.3 is 5.11 Å². The third-order valence-electron chi connectivity index (χ3n) is 1.83. The molecule has 2 heteroatoms. The molecule has 12 heavy (non-hydrogen) atoms. The van der Waals surface area contributed by atoms with Gasteiger partial charge in [-0.05, 0) is 40.7 Å². The van der Waals surface area contributed by atoms with Crippen molar-refractivity contribution in [2.24, 2.45) is 0 Å². The first-order valence-electron chi connectivity index (χ1n) is 4.83. The Morgan fingerprint density at radius 2 is 1.83 bits per heavy atom. The summed E-state index contributed by atoms with van der Waals surface area (Å²) in [6, 6.07) is 0.524. The quantitative estimate of drug-likeness (QED) is 0.686. The minimum absolute atomic E-state index is 0.524. The standard InChI is InChI=1S/C10H23NO/c1-6-7-11(9(2)3)8-10(4,5)12/h9,12H,6-8H2,1-5H3. The summed E-state index contributed by atoms with van der Waals surface area (Å²) in [5.74, 6) is 0. The molecule has 0 spiro atoms. The molecule has 1 N–H and O–H groups in total. The summed E-state index contributed by atoms with van der Waals surface area (Å²) in [6.07, 6.45) is 1.15. The van der Waals surface area contributed by atoms with Crippen LogP contribution in [-0.2, 0) is 0 Å². The first kappa shape index (κ1) is 11.9. The molecule has 0 atom stereocenters. The second-order valence-corrected chi connectivity index (χ2v) is 4.38. The van der Waals surface area contributed by atoms with E-state index in [-0.39, 0.29) is 0 Å². The van der Waals surface area contributed by atoms with Gasteiger partial charge in [0, 0.05) is 12.6 Å². The van der Waals surface area contributed by atoms with E-state index in [1.54, 1.807) is 0 Å². The van der Waals surface area contributed by atoms with Gasteiger partial charge >= 0.3 is 0 Å². The zero-order valence-corrected chi connectivity index (χ0v) is 9.09. The van der Waals surface area contributed by atoms with Crippen molar-refractivity contribution >= 4 is 0 Å². The van der Waals surface area contributed by atoms with E-state index in [9.17, 15) is 5.11 Å². The van der Waals surface area contributed by atoms with Gasteiger partial charge in [-0.1, -0.05) is 6.92 Å². The van der Waals surface area contributed by atoms with E-state index in [2.05, 4.69) is 25.7 Å². The van der Waals surface area contributed by atoms with Gasteiger partial charge in [0.2, 0.25) is 0 Å². The van der Waals surface area contributed by atoms with Crippen molar-refractivity contribution in [3.63, 3.8) is 0 Å². The minimum Gasteiger partial charge on any atom is -0.389 e. The van der Waals surface area contributed by atoms with Crippen LogP contribution in [0.15, 0.2) is 0 Å².